The maximum Gasteiger partial charge on any atom is 0.191 e. The van der Waals surface area contributed by atoms with Crippen LogP contribution in [0.1, 0.15) is 12.5 Å². The number of hydrogen-bond acceptors (Lipinski definition) is 1. The summed E-state index contributed by atoms with van der Waals surface area (Å²) in [6, 6.07) is 1.87. The topological polar surface area (TPSA) is 36.0 Å². The van der Waals surface area contributed by atoms with E-state index in [1.807, 2.05) is 13.0 Å². The van der Waals surface area contributed by atoms with Gasteiger partial charge in [-0.05, 0) is 12.5 Å². The van der Waals surface area contributed by atoms with Crippen molar-refractivity contribution in [2.45, 2.75) is 13.3 Å². The smallest absolute Gasteiger partial charge is 0.191 e. The van der Waals surface area contributed by atoms with Gasteiger partial charge >= 0.3 is 0 Å². The van der Waals surface area contributed by atoms with Crippen LogP contribution in [0.2, 0.25) is 0 Å². The molecular weight excluding hydrogens is 102 g/mol. The Morgan fingerprint density at radius 3 is 2.75 bits per heavy atom. The molecule has 2 heteroatoms. The summed E-state index contributed by atoms with van der Waals surface area (Å²) in [4.78, 5) is 2.68. The van der Waals surface area contributed by atoms with Crippen molar-refractivity contribution >= 4 is 0 Å². The van der Waals surface area contributed by atoms with Gasteiger partial charge in [-0.1, -0.05) is 6.92 Å². The van der Waals surface area contributed by atoms with Gasteiger partial charge in [0.05, 0.1) is 0 Å². The highest BCUT2D eigenvalue weighted by Gasteiger charge is 1.94. The average molecular weight is 111 g/mol. The Morgan fingerprint density at radius 2 is 2.50 bits per heavy atom. The second-order valence-corrected chi connectivity index (χ2v) is 1.71. The number of H-pyrrole nitrogens is 1. The fourth-order valence-electron chi connectivity index (χ4n) is 0.678. The van der Waals surface area contributed by atoms with Crippen LogP contribution in [0.25, 0.3) is 0 Å². The van der Waals surface area contributed by atoms with E-state index in [-0.39, 0.29) is 0 Å². The molecule has 1 aromatic heterocycles. The van der Waals surface area contributed by atoms with Gasteiger partial charge in [0.25, 0.3) is 0 Å². The molecule has 1 aromatic rings. The van der Waals surface area contributed by atoms with E-state index in [9.17, 15) is 0 Å². The van der Waals surface area contributed by atoms with Crippen molar-refractivity contribution in [3.8, 4) is 5.88 Å². The summed E-state index contributed by atoms with van der Waals surface area (Å²) in [5.41, 5.74) is 0.977. The molecule has 0 bridgehead atoms. The molecule has 44 valence electrons. The van der Waals surface area contributed by atoms with Gasteiger partial charge < -0.3 is 10.1 Å². The highest BCUT2D eigenvalue weighted by atomic mass is 16.3. The van der Waals surface area contributed by atoms with E-state index in [2.05, 4.69) is 4.98 Å². The van der Waals surface area contributed by atoms with Gasteiger partial charge in [0.1, 0.15) is 0 Å². The van der Waals surface area contributed by atoms with Crippen molar-refractivity contribution in [2.24, 2.45) is 0 Å². The Morgan fingerprint density at radius 1 is 1.75 bits per heavy atom. The summed E-state index contributed by atoms with van der Waals surface area (Å²) in [7, 11) is 0. The third-order valence-electron chi connectivity index (χ3n) is 1.19. The van der Waals surface area contributed by atoms with Crippen molar-refractivity contribution in [3.05, 3.63) is 17.8 Å². The van der Waals surface area contributed by atoms with Crippen LogP contribution < -0.4 is 0 Å². The molecule has 1 rings (SSSR count). The van der Waals surface area contributed by atoms with Crippen LogP contribution >= 0.6 is 0 Å². The second kappa shape index (κ2) is 1.90. The van der Waals surface area contributed by atoms with Gasteiger partial charge in [-0.25, -0.2) is 0 Å². The van der Waals surface area contributed by atoms with Crippen LogP contribution in [0.15, 0.2) is 12.3 Å². The lowest BCUT2D eigenvalue weighted by Gasteiger charge is -1.87. The summed E-state index contributed by atoms with van der Waals surface area (Å²) in [5, 5.41) is 8.89. The van der Waals surface area contributed by atoms with E-state index in [0.29, 0.717) is 5.88 Å². The normalized spacial score (nSPS) is 9.62. The first kappa shape index (κ1) is 5.22. The first-order valence-corrected chi connectivity index (χ1v) is 2.69. The standard InChI is InChI=1S/C6H9NO/c1-2-5-3-4-7-6(5)8/h3-4,7-8H,2H2,1H3. The van der Waals surface area contributed by atoms with E-state index in [1.165, 1.54) is 0 Å². The largest absolute Gasteiger partial charge is 0.494 e. The van der Waals surface area contributed by atoms with Crippen molar-refractivity contribution in [3.63, 3.8) is 0 Å². The lowest BCUT2D eigenvalue weighted by molar-refractivity contribution is 0.451. The Labute approximate surface area is 48.2 Å². The van der Waals surface area contributed by atoms with Crippen LogP contribution in [-0.2, 0) is 6.42 Å². The maximum atomic E-state index is 8.89. The molecule has 8 heavy (non-hydrogen) atoms. The SMILES string of the molecule is CCc1cc[nH]c1O. The van der Waals surface area contributed by atoms with E-state index < -0.39 is 0 Å². The molecule has 0 aliphatic heterocycles. The molecule has 0 saturated heterocycles. The Hall–Kier alpha value is -0.920. The lowest BCUT2D eigenvalue weighted by atomic mass is 10.3. The van der Waals surface area contributed by atoms with Crippen molar-refractivity contribution in [2.75, 3.05) is 0 Å². The van der Waals surface area contributed by atoms with Gasteiger partial charge in [0.15, 0.2) is 5.88 Å². The van der Waals surface area contributed by atoms with E-state index in [0.717, 1.165) is 12.0 Å². The number of nitrogens with one attached hydrogen (secondary N) is 1. The van der Waals surface area contributed by atoms with Gasteiger partial charge in [0, 0.05) is 11.8 Å². The Balaban J connectivity index is 2.92. The first-order chi connectivity index (χ1) is 3.84. The highest BCUT2D eigenvalue weighted by molar-refractivity contribution is 5.24. The number of aromatic nitrogens is 1. The van der Waals surface area contributed by atoms with Gasteiger partial charge in [-0.3, -0.25) is 0 Å². The minimum Gasteiger partial charge on any atom is -0.494 e. The summed E-state index contributed by atoms with van der Waals surface area (Å²) in [6.45, 7) is 2.00. The zero-order chi connectivity index (χ0) is 5.98. The molecule has 0 amide bonds. The predicted molar refractivity (Wildman–Crippen MR) is 31.8 cm³/mol. The predicted octanol–water partition coefficient (Wildman–Crippen LogP) is 1.28. The van der Waals surface area contributed by atoms with Crippen LogP contribution in [0.5, 0.6) is 5.88 Å². The van der Waals surface area contributed by atoms with Crippen molar-refractivity contribution < 1.29 is 5.11 Å². The molecular formula is C6H9NO. The molecule has 1 heterocycles. The summed E-state index contributed by atoms with van der Waals surface area (Å²) >= 11 is 0. The molecule has 0 atom stereocenters. The average Bonchev–Trinajstić information content (AvgIpc) is 2.14. The Kier molecular flexibility index (Phi) is 1.24. The molecule has 0 aliphatic carbocycles. The third-order valence-corrected chi connectivity index (χ3v) is 1.19. The summed E-state index contributed by atoms with van der Waals surface area (Å²) < 4.78 is 0. The molecule has 0 aromatic carbocycles. The number of rotatable bonds is 1. The monoisotopic (exact) mass is 111 g/mol. The summed E-state index contributed by atoms with van der Waals surface area (Å²) in [6.07, 6.45) is 2.61. The molecule has 0 saturated carbocycles. The minimum atomic E-state index is 0.299. The molecule has 0 unspecified atom stereocenters. The van der Waals surface area contributed by atoms with Crippen LogP contribution in [-0.4, -0.2) is 10.1 Å². The van der Waals surface area contributed by atoms with E-state index in [1.54, 1.807) is 6.20 Å². The van der Waals surface area contributed by atoms with E-state index in [4.69, 9.17) is 5.11 Å². The zero-order valence-corrected chi connectivity index (χ0v) is 4.81. The molecule has 2 N–H and O–H groups in total. The minimum absolute atomic E-state index is 0.299. The van der Waals surface area contributed by atoms with Gasteiger partial charge in [0.2, 0.25) is 0 Å². The number of aromatic hydroxyl groups is 1. The fraction of sp³-hybridized carbons (Fsp3) is 0.333. The quantitative estimate of drug-likeness (QED) is 0.562. The number of aromatic amines is 1. The van der Waals surface area contributed by atoms with Crippen molar-refractivity contribution in [1.82, 2.24) is 4.98 Å². The van der Waals surface area contributed by atoms with E-state index >= 15 is 0 Å². The highest BCUT2D eigenvalue weighted by Crippen LogP contribution is 2.12. The molecule has 0 fully saturated rings. The second-order valence-electron chi connectivity index (χ2n) is 1.71. The van der Waals surface area contributed by atoms with Gasteiger partial charge in [-0.2, -0.15) is 0 Å². The van der Waals surface area contributed by atoms with Crippen LogP contribution in [0.3, 0.4) is 0 Å². The molecule has 0 radical (unpaired) electrons. The number of hydrogen-bond donors (Lipinski definition) is 2. The van der Waals surface area contributed by atoms with Gasteiger partial charge in [-0.15, -0.1) is 0 Å². The summed E-state index contributed by atoms with van der Waals surface area (Å²) in [5.74, 6) is 0.299. The molecule has 0 aliphatic rings. The van der Waals surface area contributed by atoms with Crippen molar-refractivity contribution in [1.29, 1.82) is 0 Å². The third kappa shape index (κ3) is 0.689. The zero-order valence-electron chi connectivity index (χ0n) is 4.81. The molecule has 2 nitrogen and oxygen atoms in total. The maximum absolute atomic E-state index is 8.89. The van der Waals surface area contributed by atoms with Crippen LogP contribution in [0, 0.1) is 0 Å². The fourth-order valence-corrected chi connectivity index (χ4v) is 0.678. The molecule has 0 spiro atoms. The Bertz CT molecular complexity index is 169. The first-order valence-electron chi connectivity index (χ1n) is 2.69. The van der Waals surface area contributed by atoms with Crippen LogP contribution in [0.4, 0.5) is 0 Å². The number of aryl methyl sites for hydroxylation is 1. The lowest BCUT2D eigenvalue weighted by Crippen LogP contribution is -1.72.